The Morgan fingerprint density at radius 1 is 1.31 bits per heavy atom. The summed E-state index contributed by atoms with van der Waals surface area (Å²) in [6.45, 7) is 1.91. The van der Waals surface area contributed by atoms with Gasteiger partial charge in [0.25, 0.3) is 0 Å². The lowest BCUT2D eigenvalue weighted by Crippen LogP contribution is -2.32. The number of sulfonamides is 1. The second-order valence-electron chi connectivity index (χ2n) is 6.96. The van der Waals surface area contributed by atoms with E-state index in [2.05, 4.69) is 9.82 Å². The van der Waals surface area contributed by atoms with Gasteiger partial charge in [0.2, 0.25) is 15.8 Å². The molecule has 0 radical (unpaired) electrons. The summed E-state index contributed by atoms with van der Waals surface area (Å²) in [4.78, 5) is 12.8. The van der Waals surface area contributed by atoms with Crippen LogP contribution in [0.5, 0.6) is 5.75 Å². The van der Waals surface area contributed by atoms with Gasteiger partial charge in [0, 0.05) is 12.6 Å². The maximum Gasteiger partial charge on any atom is 0.346 e. The summed E-state index contributed by atoms with van der Waals surface area (Å²) in [5.74, 6) is 1.24. The normalized spacial score (nSPS) is 14.3. The molecule has 154 valence electrons. The zero-order valence-corrected chi connectivity index (χ0v) is 17.0. The highest BCUT2D eigenvalue weighted by molar-refractivity contribution is 7.89. The topological polar surface area (TPSA) is 108 Å². The molecule has 1 N–H and O–H groups in total. The summed E-state index contributed by atoms with van der Waals surface area (Å²) in [5.41, 5.74) is 0.528. The quantitative estimate of drug-likeness (QED) is 0.599. The third-order valence-electron chi connectivity index (χ3n) is 4.75. The molecule has 3 aromatic rings. The fraction of sp³-hybridized carbons (Fsp3) is 0.368. The zero-order valence-electron chi connectivity index (χ0n) is 16.2. The van der Waals surface area contributed by atoms with E-state index < -0.39 is 10.0 Å². The van der Waals surface area contributed by atoms with E-state index in [9.17, 15) is 13.2 Å². The van der Waals surface area contributed by atoms with E-state index in [0.29, 0.717) is 11.6 Å². The Labute approximate surface area is 168 Å². The van der Waals surface area contributed by atoms with Gasteiger partial charge >= 0.3 is 5.69 Å². The number of ether oxygens (including phenoxy) is 1. The van der Waals surface area contributed by atoms with Gasteiger partial charge in [0.05, 0.1) is 19.9 Å². The van der Waals surface area contributed by atoms with Gasteiger partial charge in [-0.25, -0.2) is 22.6 Å². The molecule has 0 amide bonds. The molecule has 10 heteroatoms. The van der Waals surface area contributed by atoms with Crippen LogP contribution in [0.15, 0.2) is 50.7 Å². The lowest BCUT2D eigenvalue weighted by atomic mass is 10.2. The third kappa shape index (κ3) is 3.85. The first-order chi connectivity index (χ1) is 13.9. The number of hydrogen-bond acceptors (Lipinski definition) is 6. The Kier molecular flexibility index (Phi) is 5.05. The molecular weight excluding hydrogens is 396 g/mol. The van der Waals surface area contributed by atoms with E-state index in [-0.39, 0.29) is 35.5 Å². The Morgan fingerprint density at radius 3 is 2.76 bits per heavy atom. The van der Waals surface area contributed by atoms with Crippen LogP contribution in [-0.2, 0) is 16.6 Å². The van der Waals surface area contributed by atoms with Gasteiger partial charge in [-0.15, -0.1) is 5.10 Å². The van der Waals surface area contributed by atoms with Crippen LogP contribution < -0.4 is 15.1 Å². The summed E-state index contributed by atoms with van der Waals surface area (Å²) in [6.07, 6.45) is 3.36. The number of rotatable bonds is 8. The van der Waals surface area contributed by atoms with Crippen molar-refractivity contribution in [1.29, 1.82) is 0 Å². The number of furan rings is 1. The van der Waals surface area contributed by atoms with E-state index in [1.165, 1.54) is 18.1 Å². The third-order valence-corrected chi connectivity index (χ3v) is 6.23. The van der Waals surface area contributed by atoms with Gasteiger partial charge in [-0.1, -0.05) is 6.07 Å². The molecule has 0 unspecified atom stereocenters. The van der Waals surface area contributed by atoms with Crippen molar-refractivity contribution in [1.82, 2.24) is 19.1 Å². The first-order valence-electron chi connectivity index (χ1n) is 9.28. The van der Waals surface area contributed by atoms with Crippen LogP contribution >= 0.6 is 0 Å². The lowest BCUT2D eigenvalue weighted by molar-refractivity contribution is 0.402. The highest BCUT2D eigenvalue weighted by Gasteiger charge is 2.31. The second kappa shape index (κ2) is 7.53. The Morgan fingerprint density at radius 2 is 2.10 bits per heavy atom. The van der Waals surface area contributed by atoms with E-state index in [1.807, 2.05) is 0 Å². The average molecular weight is 418 g/mol. The number of nitrogens with zero attached hydrogens (tertiary/aromatic N) is 3. The molecule has 1 fully saturated rings. The smallest absolute Gasteiger partial charge is 0.346 e. The highest BCUT2D eigenvalue weighted by atomic mass is 32.2. The Hall–Kier alpha value is -2.85. The minimum atomic E-state index is -3.80. The lowest BCUT2D eigenvalue weighted by Gasteiger charge is -2.11. The second-order valence-corrected chi connectivity index (χ2v) is 8.70. The summed E-state index contributed by atoms with van der Waals surface area (Å²) in [5, 5.41) is 4.37. The van der Waals surface area contributed by atoms with Crippen LogP contribution in [0, 0.1) is 6.92 Å². The molecule has 2 heterocycles. The van der Waals surface area contributed by atoms with Gasteiger partial charge in [-0.2, -0.15) is 0 Å². The molecule has 2 aromatic heterocycles. The summed E-state index contributed by atoms with van der Waals surface area (Å²) in [7, 11) is -2.38. The maximum absolute atomic E-state index is 12.8. The average Bonchev–Trinajstić information content (AvgIpc) is 3.27. The molecule has 29 heavy (non-hydrogen) atoms. The fourth-order valence-electron chi connectivity index (χ4n) is 3.16. The minimum Gasteiger partial charge on any atom is -0.495 e. The Balaban J connectivity index is 1.54. The molecule has 0 bridgehead atoms. The molecule has 1 aliphatic rings. The van der Waals surface area contributed by atoms with E-state index in [4.69, 9.17) is 9.15 Å². The van der Waals surface area contributed by atoms with Gasteiger partial charge in [-0.3, -0.25) is 4.57 Å². The molecule has 0 aliphatic heterocycles. The SMILES string of the molecule is COc1ccc(C)cc1S(=O)(=O)NCCn1nc(-c2ccco2)n(C2CC2)c1=O. The summed E-state index contributed by atoms with van der Waals surface area (Å²) in [6, 6.07) is 8.53. The van der Waals surface area contributed by atoms with Crippen LogP contribution in [0.4, 0.5) is 0 Å². The maximum atomic E-state index is 12.8. The predicted octanol–water partition coefficient (Wildman–Crippen LogP) is 1.94. The first kappa shape index (κ1) is 19.5. The van der Waals surface area contributed by atoms with Gasteiger partial charge in [0.1, 0.15) is 10.6 Å². The molecule has 1 aliphatic carbocycles. The standard InChI is InChI=1S/C19H22N4O5S/c1-13-5-8-15(27-2)17(12-13)29(25,26)20-9-10-22-19(24)23(14-6-7-14)18(21-22)16-4-3-11-28-16/h3-5,8,11-12,14,20H,6-7,9-10H2,1-2H3. The molecule has 4 rings (SSSR count). The Bertz CT molecular complexity index is 1170. The van der Waals surface area contributed by atoms with Crippen molar-refractivity contribution < 1.29 is 17.6 Å². The number of nitrogens with one attached hydrogen (secondary N) is 1. The predicted molar refractivity (Wildman–Crippen MR) is 105 cm³/mol. The van der Waals surface area contributed by atoms with E-state index >= 15 is 0 Å². The molecule has 1 aromatic carbocycles. The number of hydrogen-bond donors (Lipinski definition) is 1. The largest absolute Gasteiger partial charge is 0.495 e. The van der Waals surface area contributed by atoms with Crippen molar-refractivity contribution in [3.8, 4) is 17.3 Å². The highest BCUT2D eigenvalue weighted by Crippen LogP contribution is 2.36. The summed E-state index contributed by atoms with van der Waals surface area (Å²) < 4.78 is 41.4. The zero-order chi connectivity index (χ0) is 20.6. The molecular formula is C19H22N4O5S. The van der Waals surface area contributed by atoms with Crippen molar-refractivity contribution in [3.05, 3.63) is 52.6 Å². The molecule has 9 nitrogen and oxygen atoms in total. The monoisotopic (exact) mass is 418 g/mol. The van der Waals surface area contributed by atoms with Gasteiger partial charge < -0.3 is 9.15 Å². The van der Waals surface area contributed by atoms with Crippen LogP contribution in [0.3, 0.4) is 0 Å². The van der Waals surface area contributed by atoms with Crippen molar-refractivity contribution >= 4 is 10.0 Å². The van der Waals surface area contributed by atoms with Crippen molar-refractivity contribution in [2.45, 2.75) is 37.2 Å². The van der Waals surface area contributed by atoms with E-state index in [1.54, 1.807) is 41.8 Å². The first-order valence-corrected chi connectivity index (χ1v) is 10.8. The number of methoxy groups -OCH3 is 1. The van der Waals surface area contributed by atoms with Crippen molar-refractivity contribution in [3.63, 3.8) is 0 Å². The fourth-order valence-corrected chi connectivity index (χ4v) is 4.43. The van der Waals surface area contributed by atoms with E-state index in [0.717, 1.165) is 18.4 Å². The van der Waals surface area contributed by atoms with Crippen molar-refractivity contribution in [2.24, 2.45) is 0 Å². The number of benzene rings is 1. The number of aromatic nitrogens is 3. The van der Waals surface area contributed by atoms with Gasteiger partial charge in [0.15, 0.2) is 5.76 Å². The molecule has 0 spiro atoms. The van der Waals surface area contributed by atoms with Crippen LogP contribution in [-0.4, -0.2) is 36.4 Å². The molecule has 1 saturated carbocycles. The number of aryl methyl sites for hydroxylation is 1. The summed E-state index contributed by atoms with van der Waals surface area (Å²) >= 11 is 0. The van der Waals surface area contributed by atoms with Crippen LogP contribution in [0.2, 0.25) is 0 Å². The van der Waals surface area contributed by atoms with Crippen LogP contribution in [0.25, 0.3) is 11.6 Å². The van der Waals surface area contributed by atoms with Crippen molar-refractivity contribution in [2.75, 3.05) is 13.7 Å². The molecule has 0 saturated heterocycles. The van der Waals surface area contributed by atoms with Crippen LogP contribution in [0.1, 0.15) is 24.4 Å². The van der Waals surface area contributed by atoms with Gasteiger partial charge in [-0.05, 0) is 49.6 Å². The molecule has 0 atom stereocenters. The minimum absolute atomic E-state index is 0.0125.